The third kappa shape index (κ3) is 2.87. The summed E-state index contributed by atoms with van der Waals surface area (Å²) in [5.74, 6) is 6.35. The molecule has 0 N–H and O–H groups in total. The van der Waals surface area contributed by atoms with Crippen molar-refractivity contribution in [1.82, 2.24) is 0 Å². The lowest BCUT2D eigenvalue weighted by Gasteiger charge is -2.38. The van der Waals surface area contributed by atoms with E-state index in [4.69, 9.17) is 0 Å². The normalized spacial score (nSPS) is 34.9. The maximum Gasteiger partial charge on any atom is 0.0102 e. The fourth-order valence-corrected chi connectivity index (χ4v) is 7.32. The smallest absolute Gasteiger partial charge is 0.0102 e. The van der Waals surface area contributed by atoms with Crippen molar-refractivity contribution in [3.8, 4) is 11.1 Å². The summed E-state index contributed by atoms with van der Waals surface area (Å²) in [6, 6.07) is 18.3. The van der Waals surface area contributed by atoms with E-state index in [1.54, 1.807) is 11.1 Å². The SMILES string of the molecule is CC1CC2C(C[C@H](C)C[C@@H]2C)C1CCC1c2ccccc2-c2ccccc21. The molecule has 27 heavy (non-hydrogen) atoms. The molecule has 0 amide bonds. The van der Waals surface area contributed by atoms with Crippen LogP contribution in [0.5, 0.6) is 0 Å². The van der Waals surface area contributed by atoms with Crippen LogP contribution < -0.4 is 0 Å². The molecule has 6 atom stereocenters. The van der Waals surface area contributed by atoms with E-state index >= 15 is 0 Å². The number of hydrogen-bond acceptors (Lipinski definition) is 0. The molecule has 5 rings (SSSR count). The van der Waals surface area contributed by atoms with Gasteiger partial charge in [-0.1, -0.05) is 69.3 Å². The van der Waals surface area contributed by atoms with E-state index in [0.717, 1.165) is 35.5 Å². The van der Waals surface area contributed by atoms with E-state index in [1.165, 1.54) is 43.2 Å². The summed E-state index contributed by atoms with van der Waals surface area (Å²) in [7, 11) is 0. The number of rotatable bonds is 3. The Kier molecular flexibility index (Phi) is 4.42. The molecule has 2 aromatic carbocycles. The molecule has 3 aliphatic rings. The molecule has 2 saturated carbocycles. The van der Waals surface area contributed by atoms with E-state index in [9.17, 15) is 0 Å². The minimum Gasteiger partial charge on any atom is -0.0625 e. The van der Waals surface area contributed by atoms with Gasteiger partial charge in [0.2, 0.25) is 0 Å². The first-order chi connectivity index (χ1) is 13.1. The Balaban J connectivity index is 1.39. The van der Waals surface area contributed by atoms with Gasteiger partial charge in [-0.15, -0.1) is 0 Å². The lowest BCUT2D eigenvalue weighted by atomic mass is 9.67. The highest BCUT2D eigenvalue weighted by Gasteiger charge is 2.46. The van der Waals surface area contributed by atoms with Crippen LogP contribution >= 0.6 is 0 Å². The summed E-state index contributed by atoms with van der Waals surface area (Å²) in [5.41, 5.74) is 6.11. The molecule has 0 heterocycles. The molecular formula is C27H34. The fraction of sp³-hybridized carbons (Fsp3) is 0.556. The van der Waals surface area contributed by atoms with Crippen molar-refractivity contribution in [2.45, 2.75) is 58.8 Å². The van der Waals surface area contributed by atoms with Crippen LogP contribution in [-0.4, -0.2) is 0 Å². The van der Waals surface area contributed by atoms with Crippen molar-refractivity contribution in [2.24, 2.45) is 35.5 Å². The first-order valence-electron chi connectivity index (χ1n) is 11.3. The van der Waals surface area contributed by atoms with Gasteiger partial charge in [-0.3, -0.25) is 0 Å². The Morgan fingerprint density at radius 1 is 0.667 bits per heavy atom. The van der Waals surface area contributed by atoms with Crippen molar-refractivity contribution in [2.75, 3.05) is 0 Å². The Morgan fingerprint density at radius 3 is 1.96 bits per heavy atom. The summed E-state index contributed by atoms with van der Waals surface area (Å²) >= 11 is 0. The van der Waals surface area contributed by atoms with Gasteiger partial charge in [-0.05, 0) is 89.9 Å². The lowest BCUT2D eigenvalue weighted by molar-refractivity contribution is 0.118. The summed E-state index contributed by atoms with van der Waals surface area (Å²) < 4.78 is 0. The summed E-state index contributed by atoms with van der Waals surface area (Å²) in [4.78, 5) is 0. The van der Waals surface area contributed by atoms with Crippen LogP contribution in [0.25, 0.3) is 11.1 Å². The first-order valence-corrected chi connectivity index (χ1v) is 11.3. The number of fused-ring (bicyclic) bond motifs is 4. The number of benzene rings is 2. The first kappa shape index (κ1) is 17.5. The van der Waals surface area contributed by atoms with Crippen molar-refractivity contribution in [1.29, 1.82) is 0 Å². The maximum atomic E-state index is 2.55. The molecule has 2 fully saturated rings. The zero-order valence-electron chi connectivity index (χ0n) is 17.2. The van der Waals surface area contributed by atoms with Crippen molar-refractivity contribution in [3.63, 3.8) is 0 Å². The van der Waals surface area contributed by atoms with E-state index < -0.39 is 0 Å². The molecule has 2 aromatic rings. The number of hydrogen-bond donors (Lipinski definition) is 0. The monoisotopic (exact) mass is 358 g/mol. The van der Waals surface area contributed by atoms with Crippen LogP contribution in [0.2, 0.25) is 0 Å². The molecule has 0 saturated heterocycles. The molecule has 0 aliphatic heterocycles. The van der Waals surface area contributed by atoms with Crippen molar-refractivity contribution < 1.29 is 0 Å². The van der Waals surface area contributed by atoms with Gasteiger partial charge in [0.15, 0.2) is 0 Å². The molecule has 0 heteroatoms. The molecule has 3 aliphatic carbocycles. The molecule has 0 bridgehead atoms. The van der Waals surface area contributed by atoms with Gasteiger partial charge in [0.25, 0.3) is 0 Å². The summed E-state index contributed by atoms with van der Waals surface area (Å²) in [6.07, 6.45) is 7.18. The molecule has 0 radical (unpaired) electrons. The van der Waals surface area contributed by atoms with Crippen molar-refractivity contribution in [3.05, 3.63) is 59.7 Å². The summed E-state index contributed by atoms with van der Waals surface area (Å²) in [6.45, 7) is 7.58. The summed E-state index contributed by atoms with van der Waals surface area (Å²) in [5, 5.41) is 0. The Hall–Kier alpha value is -1.56. The third-order valence-electron chi connectivity index (χ3n) is 8.41. The lowest BCUT2D eigenvalue weighted by Crippen LogP contribution is -2.30. The second-order valence-corrected chi connectivity index (χ2v) is 10.1. The molecule has 0 nitrogen and oxygen atoms in total. The van der Waals surface area contributed by atoms with Gasteiger partial charge in [0, 0.05) is 5.92 Å². The third-order valence-corrected chi connectivity index (χ3v) is 8.41. The van der Waals surface area contributed by atoms with Crippen LogP contribution in [-0.2, 0) is 0 Å². The largest absolute Gasteiger partial charge is 0.0625 e. The average Bonchev–Trinajstić information content (AvgIpc) is 3.15. The Labute approximate surface area is 165 Å². The van der Waals surface area contributed by atoms with Gasteiger partial charge >= 0.3 is 0 Å². The Bertz CT molecular complexity index is 773. The standard InChI is InChI=1S/C27H34/c1-17-14-18(2)26-16-19(3)20(27(26)15-17)12-13-25-23-10-6-4-8-21(23)22-9-5-7-11-24(22)25/h4-11,17-20,25-27H,12-16H2,1-3H3/t17-,18+,19?,20?,26?,27?/m1/s1. The van der Waals surface area contributed by atoms with Gasteiger partial charge in [-0.2, -0.15) is 0 Å². The predicted molar refractivity (Wildman–Crippen MR) is 115 cm³/mol. The van der Waals surface area contributed by atoms with Gasteiger partial charge in [0.1, 0.15) is 0 Å². The second-order valence-electron chi connectivity index (χ2n) is 10.1. The molecule has 0 aromatic heterocycles. The minimum atomic E-state index is 0.613. The minimum absolute atomic E-state index is 0.613. The molecular weight excluding hydrogens is 324 g/mol. The average molecular weight is 359 g/mol. The Morgan fingerprint density at radius 2 is 1.30 bits per heavy atom. The fourth-order valence-electron chi connectivity index (χ4n) is 7.32. The zero-order chi connectivity index (χ0) is 18.5. The molecule has 142 valence electrons. The topological polar surface area (TPSA) is 0 Å². The van der Waals surface area contributed by atoms with Crippen LogP contribution in [0.4, 0.5) is 0 Å². The van der Waals surface area contributed by atoms with Gasteiger partial charge in [-0.25, -0.2) is 0 Å². The maximum absolute atomic E-state index is 2.55. The van der Waals surface area contributed by atoms with Crippen LogP contribution in [0.15, 0.2) is 48.5 Å². The van der Waals surface area contributed by atoms with E-state index in [-0.39, 0.29) is 0 Å². The van der Waals surface area contributed by atoms with Crippen LogP contribution in [0.3, 0.4) is 0 Å². The van der Waals surface area contributed by atoms with Crippen LogP contribution in [0, 0.1) is 35.5 Å². The van der Waals surface area contributed by atoms with Crippen LogP contribution in [0.1, 0.15) is 69.9 Å². The van der Waals surface area contributed by atoms with E-state index in [0.29, 0.717) is 5.92 Å². The second kappa shape index (κ2) is 6.80. The van der Waals surface area contributed by atoms with Gasteiger partial charge < -0.3 is 0 Å². The van der Waals surface area contributed by atoms with E-state index in [1.807, 2.05) is 0 Å². The quantitative estimate of drug-likeness (QED) is 0.532. The highest BCUT2D eigenvalue weighted by Crippen LogP contribution is 2.55. The van der Waals surface area contributed by atoms with Crippen molar-refractivity contribution >= 4 is 0 Å². The zero-order valence-corrected chi connectivity index (χ0v) is 17.2. The highest BCUT2D eigenvalue weighted by molar-refractivity contribution is 5.78. The van der Waals surface area contributed by atoms with E-state index in [2.05, 4.69) is 69.3 Å². The van der Waals surface area contributed by atoms with Gasteiger partial charge in [0.05, 0.1) is 0 Å². The molecule has 4 unspecified atom stereocenters. The molecule has 0 spiro atoms. The predicted octanol–water partition coefficient (Wildman–Crippen LogP) is 7.53. The highest BCUT2D eigenvalue weighted by atomic mass is 14.5.